The van der Waals surface area contributed by atoms with Crippen LogP contribution in [0.2, 0.25) is 0 Å². The van der Waals surface area contributed by atoms with Crippen molar-refractivity contribution in [2.75, 3.05) is 45.8 Å². The third kappa shape index (κ3) is 4.16. The van der Waals surface area contributed by atoms with E-state index < -0.39 is 0 Å². The van der Waals surface area contributed by atoms with E-state index in [1.54, 1.807) is 6.92 Å². The molecule has 0 spiro atoms. The van der Waals surface area contributed by atoms with Gasteiger partial charge >= 0.3 is 0 Å². The minimum Gasteiger partial charge on any atom is -0.342 e. The Balaban J connectivity index is 1.50. The average molecular weight is 333 g/mol. The van der Waals surface area contributed by atoms with Gasteiger partial charge in [-0.05, 0) is 24.3 Å². The molecule has 3 heterocycles. The fraction of sp³-hybridized carbons (Fsp3) is 0.778. The SMILES string of the molecule is CC(=O)N1CCCN(C2CN(CCc3cnn(C)c3)CC2C)CC1. The summed E-state index contributed by atoms with van der Waals surface area (Å²) < 4.78 is 1.88. The number of carbonyl (C=O) groups is 1. The summed E-state index contributed by atoms with van der Waals surface area (Å²) in [4.78, 5) is 18.8. The lowest BCUT2D eigenvalue weighted by atomic mass is 10.0. The number of carbonyl (C=O) groups excluding carboxylic acids is 1. The van der Waals surface area contributed by atoms with Gasteiger partial charge in [0.15, 0.2) is 0 Å². The molecule has 0 saturated carbocycles. The van der Waals surface area contributed by atoms with Gasteiger partial charge in [0.05, 0.1) is 6.20 Å². The van der Waals surface area contributed by atoms with Crippen molar-refractivity contribution in [2.24, 2.45) is 13.0 Å². The monoisotopic (exact) mass is 333 g/mol. The molecule has 2 saturated heterocycles. The molecular weight excluding hydrogens is 302 g/mol. The van der Waals surface area contributed by atoms with Gasteiger partial charge in [-0.3, -0.25) is 14.4 Å². The topological polar surface area (TPSA) is 44.6 Å². The molecule has 6 heteroatoms. The Labute approximate surface area is 145 Å². The van der Waals surface area contributed by atoms with Crippen molar-refractivity contribution in [1.29, 1.82) is 0 Å². The van der Waals surface area contributed by atoms with Crippen molar-refractivity contribution in [2.45, 2.75) is 32.7 Å². The molecule has 2 unspecified atom stereocenters. The number of nitrogens with zero attached hydrogens (tertiary/aromatic N) is 5. The zero-order chi connectivity index (χ0) is 17.1. The maximum absolute atomic E-state index is 11.6. The molecule has 24 heavy (non-hydrogen) atoms. The Morgan fingerprint density at radius 3 is 2.79 bits per heavy atom. The van der Waals surface area contributed by atoms with Crippen LogP contribution in [-0.2, 0) is 18.3 Å². The molecule has 1 aromatic rings. The second-order valence-corrected chi connectivity index (χ2v) is 7.47. The van der Waals surface area contributed by atoms with Gasteiger partial charge in [0.1, 0.15) is 0 Å². The van der Waals surface area contributed by atoms with E-state index in [9.17, 15) is 4.79 Å². The molecular formula is C18H31N5O. The summed E-state index contributed by atoms with van der Waals surface area (Å²) in [6, 6.07) is 0.630. The standard InChI is InChI=1S/C18H31N5O/c1-15-12-21(8-5-17-11-19-20(3)13-17)14-18(15)23-7-4-6-22(9-10-23)16(2)24/h11,13,15,18H,4-10,12,14H2,1-3H3. The van der Waals surface area contributed by atoms with Gasteiger partial charge < -0.3 is 9.80 Å². The minimum absolute atomic E-state index is 0.217. The van der Waals surface area contributed by atoms with Crippen LogP contribution in [-0.4, -0.2) is 82.2 Å². The fourth-order valence-electron chi connectivity index (χ4n) is 4.18. The van der Waals surface area contributed by atoms with E-state index in [0.717, 1.165) is 52.1 Å². The van der Waals surface area contributed by atoms with E-state index in [2.05, 4.69) is 28.0 Å². The minimum atomic E-state index is 0.217. The van der Waals surface area contributed by atoms with E-state index in [-0.39, 0.29) is 5.91 Å². The lowest BCUT2D eigenvalue weighted by Crippen LogP contribution is -2.43. The average Bonchev–Trinajstić information content (AvgIpc) is 3.02. The van der Waals surface area contributed by atoms with Gasteiger partial charge in [-0.15, -0.1) is 0 Å². The van der Waals surface area contributed by atoms with Crippen LogP contribution in [0.4, 0.5) is 0 Å². The number of hydrogen-bond donors (Lipinski definition) is 0. The summed E-state index contributed by atoms with van der Waals surface area (Å²) in [5, 5.41) is 4.25. The van der Waals surface area contributed by atoms with Crippen molar-refractivity contribution in [3.8, 4) is 0 Å². The molecule has 1 amide bonds. The molecule has 1 aromatic heterocycles. The number of amides is 1. The van der Waals surface area contributed by atoms with E-state index in [4.69, 9.17) is 0 Å². The molecule has 3 rings (SSSR count). The van der Waals surface area contributed by atoms with Gasteiger partial charge in [0, 0.05) is 72.0 Å². The molecule has 2 aliphatic rings. The smallest absolute Gasteiger partial charge is 0.219 e. The molecule has 2 aliphatic heterocycles. The van der Waals surface area contributed by atoms with Crippen molar-refractivity contribution < 1.29 is 4.79 Å². The highest BCUT2D eigenvalue weighted by molar-refractivity contribution is 5.73. The normalized spacial score (nSPS) is 26.7. The Hall–Kier alpha value is -1.40. The third-order valence-corrected chi connectivity index (χ3v) is 5.57. The van der Waals surface area contributed by atoms with Crippen LogP contribution < -0.4 is 0 Å². The largest absolute Gasteiger partial charge is 0.342 e. The van der Waals surface area contributed by atoms with Crippen LogP contribution in [0.3, 0.4) is 0 Å². The summed E-state index contributed by atoms with van der Waals surface area (Å²) in [5.74, 6) is 0.914. The number of likely N-dealkylation sites (tertiary alicyclic amines) is 1. The number of hydrogen-bond acceptors (Lipinski definition) is 4. The molecule has 0 N–H and O–H groups in total. The molecule has 0 aliphatic carbocycles. The number of aromatic nitrogens is 2. The first-order valence-corrected chi connectivity index (χ1v) is 9.22. The summed E-state index contributed by atoms with van der Waals surface area (Å²) >= 11 is 0. The molecule has 134 valence electrons. The lowest BCUT2D eigenvalue weighted by molar-refractivity contribution is -0.128. The van der Waals surface area contributed by atoms with Crippen LogP contribution in [0.5, 0.6) is 0 Å². The zero-order valence-corrected chi connectivity index (χ0v) is 15.3. The number of rotatable bonds is 4. The first-order valence-electron chi connectivity index (χ1n) is 9.22. The summed E-state index contributed by atoms with van der Waals surface area (Å²) in [5.41, 5.74) is 1.32. The first-order chi connectivity index (χ1) is 11.5. The lowest BCUT2D eigenvalue weighted by Gasteiger charge is -2.30. The maximum atomic E-state index is 11.6. The van der Waals surface area contributed by atoms with Crippen molar-refractivity contribution in [1.82, 2.24) is 24.5 Å². The van der Waals surface area contributed by atoms with Gasteiger partial charge in [-0.25, -0.2) is 0 Å². The Bertz CT molecular complexity index is 557. The Morgan fingerprint density at radius 1 is 1.25 bits per heavy atom. The van der Waals surface area contributed by atoms with Crippen LogP contribution in [0, 0.1) is 5.92 Å². The predicted molar refractivity (Wildman–Crippen MR) is 94.7 cm³/mol. The Morgan fingerprint density at radius 2 is 2.08 bits per heavy atom. The van der Waals surface area contributed by atoms with Crippen LogP contribution in [0.25, 0.3) is 0 Å². The van der Waals surface area contributed by atoms with Crippen LogP contribution >= 0.6 is 0 Å². The molecule has 0 radical (unpaired) electrons. The second-order valence-electron chi connectivity index (χ2n) is 7.47. The Kier molecular flexibility index (Phi) is 5.56. The second kappa shape index (κ2) is 7.66. The highest BCUT2D eigenvalue weighted by atomic mass is 16.2. The summed E-state index contributed by atoms with van der Waals surface area (Å²) in [6.45, 7) is 11.4. The number of aryl methyl sites for hydroxylation is 1. The van der Waals surface area contributed by atoms with E-state index in [0.29, 0.717) is 12.0 Å². The van der Waals surface area contributed by atoms with Gasteiger partial charge in [-0.2, -0.15) is 5.10 Å². The highest BCUT2D eigenvalue weighted by Crippen LogP contribution is 2.23. The van der Waals surface area contributed by atoms with Gasteiger partial charge in [0.25, 0.3) is 0 Å². The highest BCUT2D eigenvalue weighted by Gasteiger charge is 2.34. The van der Waals surface area contributed by atoms with Gasteiger partial charge in [0.2, 0.25) is 5.91 Å². The van der Waals surface area contributed by atoms with Gasteiger partial charge in [-0.1, -0.05) is 6.92 Å². The maximum Gasteiger partial charge on any atom is 0.219 e. The van der Waals surface area contributed by atoms with Crippen molar-refractivity contribution >= 4 is 5.91 Å². The van der Waals surface area contributed by atoms with E-state index in [1.165, 1.54) is 12.1 Å². The van der Waals surface area contributed by atoms with E-state index in [1.807, 2.05) is 22.8 Å². The molecule has 2 fully saturated rings. The summed E-state index contributed by atoms with van der Waals surface area (Å²) in [7, 11) is 1.97. The summed E-state index contributed by atoms with van der Waals surface area (Å²) in [6.07, 6.45) is 6.26. The molecule has 0 bridgehead atoms. The van der Waals surface area contributed by atoms with Crippen molar-refractivity contribution in [3.05, 3.63) is 18.0 Å². The van der Waals surface area contributed by atoms with Crippen LogP contribution in [0.1, 0.15) is 25.8 Å². The third-order valence-electron chi connectivity index (χ3n) is 5.57. The fourth-order valence-corrected chi connectivity index (χ4v) is 4.18. The molecule has 2 atom stereocenters. The quantitative estimate of drug-likeness (QED) is 0.819. The van der Waals surface area contributed by atoms with Crippen LogP contribution in [0.15, 0.2) is 12.4 Å². The predicted octanol–water partition coefficient (Wildman–Crippen LogP) is 0.837. The van der Waals surface area contributed by atoms with E-state index >= 15 is 0 Å². The first kappa shape index (κ1) is 17.4. The molecule has 6 nitrogen and oxygen atoms in total. The molecule has 0 aromatic carbocycles. The zero-order valence-electron chi connectivity index (χ0n) is 15.3. The van der Waals surface area contributed by atoms with Crippen molar-refractivity contribution in [3.63, 3.8) is 0 Å².